The minimum atomic E-state index is -0.621. The molecule has 2 N–H and O–H groups in total. The van der Waals surface area contributed by atoms with Crippen molar-refractivity contribution in [1.29, 1.82) is 5.26 Å². The van der Waals surface area contributed by atoms with Crippen LogP contribution in [0, 0.1) is 11.3 Å². The lowest BCUT2D eigenvalue weighted by Gasteiger charge is -2.41. The van der Waals surface area contributed by atoms with E-state index in [1.807, 2.05) is 6.07 Å². The molecular weight excluding hydrogens is 494 g/mol. The quantitative estimate of drug-likeness (QED) is 0.500. The molecule has 8 nitrogen and oxygen atoms in total. The number of nitrogens with two attached hydrogens (primary N) is 1. The Balaban J connectivity index is 1.37. The average molecular weight is 534 g/mol. The number of rotatable bonds is 7. The molecule has 1 atom stereocenters. The lowest BCUT2D eigenvalue weighted by Crippen LogP contribution is -2.50. The van der Waals surface area contributed by atoms with E-state index in [1.54, 1.807) is 19.2 Å². The van der Waals surface area contributed by atoms with E-state index in [0.29, 0.717) is 59.7 Å². The molecule has 5 rings (SSSR count). The molecule has 8 heteroatoms. The van der Waals surface area contributed by atoms with Gasteiger partial charge in [-0.3, -0.25) is 9.59 Å². The summed E-state index contributed by atoms with van der Waals surface area (Å²) >= 11 is 0. The van der Waals surface area contributed by atoms with Crippen LogP contribution in [0.3, 0.4) is 0 Å². The number of hydrogen-bond acceptors (Lipinski definition) is 7. The Morgan fingerprint density at radius 3 is 2.31 bits per heavy atom. The third kappa shape index (κ3) is 5.63. The Labute approximate surface area is 230 Å². The zero-order valence-electron chi connectivity index (χ0n) is 22.9. The molecule has 1 heterocycles. The van der Waals surface area contributed by atoms with Gasteiger partial charge in [-0.1, -0.05) is 44.6 Å². The molecule has 1 aromatic carbocycles. The van der Waals surface area contributed by atoms with Crippen molar-refractivity contribution >= 4 is 11.7 Å². The van der Waals surface area contributed by atoms with E-state index in [0.717, 1.165) is 25.7 Å². The highest BCUT2D eigenvalue weighted by molar-refractivity contribution is 5.99. The van der Waals surface area contributed by atoms with Gasteiger partial charge >= 0.3 is 0 Å². The molecule has 4 aliphatic rings. The monoisotopic (exact) mass is 533 g/mol. The van der Waals surface area contributed by atoms with Crippen LogP contribution in [0.25, 0.3) is 0 Å². The first kappa shape index (κ1) is 27.1. The molecule has 2 saturated carbocycles. The average Bonchev–Trinajstić information content (AvgIpc) is 2.96. The molecule has 1 aliphatic heterocycles. The summed E-state index contributed by atoms with van der Waals surface area (Å²) in [6.07, 6.45) is 13.2. The number of carbonyl (C=O) groups excluding carboxylic acids is 2. The number of benzene rings is 1. The molecule has 0 saturated heterocycles. The summed E-state index contributed by atoms with van der Waals surface area (Å²) in [6, 6.07) is 8.08. The second kappa shape index (κ2) is 12.1. The Morgan fingerprint density at radius 1 is 1.03 bits per heavy atom. The van der Waals surface area contributed by atoms with Crippen LogP contribution in [0.1, 0.15) is 95.0 Å². The molecule has 2 fully saturated rings. The van der Waals surface area contributed by atoms with Crippen molar-refractivity contribution in [3.63, 3.8) is 0 Å². The maximum Gasteiger partial charge on any atom is 0.261 e. The summed E-state index contributed by atoms with van der Waals surface area (Å²) < 4.78 is 17.4. The van der Waals surface area contributed by atoms with E-state index < -0.39 is 5.92 Å². The van der Waals surface area contributed by atoms with Gasteiger partial charge in [0.15, 0.2) is 23.9 Å². The van der Waals surface area contributed by atoms with Crippen molar-refractivity contribution in [3.05, 3.63) is 46.6 Å². The predicted molar refractivity (Wildman–Crippen MR) is 146 cm³/mol. The van der Waals surface area contributed by atoms with Gasteiger partial charge in [-0.15, -0.1) is 0 Å². The summed E-state index contributed by atoms with van der Waals surface area (Å²) in [6.45, 7) is -0.0515. The number of ether oxygens (including phenoxy) is 3. The summed E-state index contributed by atoms with van der Waals surface area (Å²) in [5, 5.41) is 9.86. The fraction of sp³-hybridized carbons (Fsp3) is 0.581. The van der Waals surface area contributed by atoms with Gasteiger partial charge in [0.25, 0.3) is 5.91 Å². The van der Waals surface area contributed by atoms with E-state index in [-0.39, 0.29) is 29.8 Å². The molecule has 1 unspecified atom stereocenters. The fourth-order valence-corrected chi connectivity index (χ4v) is 6.81. The second-order valence-electron chi connectivity index (χ2n) is 11.1. The van der Waals surface area contributed by atoms with Crippen LogP contribution >= 0.6 is 0 Å². The van der Waals surface area contributed by atoms with Gasteiger partial charge < -0.3 is 24.8 Å². The molecule has 3 aliphatic carbocycles. The van der Waals surface area contributed by atoms with Crippen LogP contribution < -0.4 is 15.2 Å². The number of allylic oxidation sites excluding steroid dienone is 3. The first-order valence-electron chi connectivity index (χ1n) is 14.5. The van der Waals surface area contributed by atoms with Gasteiger partial charge in [-0.05, 0) is 49.8 Å². The highest BCUT2D eigenvalue weighted by Gasteiger charge is 2.38. The standard InChI is InChI=1S/C31H39N3O5/c1-37-27-17-20(29-23(18-32)31(33)39-26-14-8-13-24(35)30(26)29)15-16-25(27)38-19-28(36)34(21-9-4-2-5-10-21)22-11-6-3-7-12-22/h15-17,21-22,29H,2-14,19,33H2,1H3. The van der Waals surface area contributed by atoms with Gasteiger partial charge in [0.2, 0.25) is 5.88 Å². The number of carbonyl (C=O) groups is 2. The second-order valence-corrected chi connectivity index (χ2v) is 11.1. The maximum absolute atomic E-state index is 13.6. The highest BCUT2D eigenvalue weighted by atomic mass is 16.5. The largest absolute Gasteiger partial charge is 0.493 e. The van der Waals surface area contributed by atoms with Gasteiger partial charge in [-0.25, -0.2) is 0 Å². The summed E-state index contributed by atoms with van der Waals surface area (Å²) in [5.74, 6) is 0.855. The number of Topliss-reactive ketones (excluding diaryl/α,β-unsaturated/α-hetero) is 1. The molecule has 208 valence electrons. The summed E-state index contributed by atoms with van der Waals surface area (Å²) in [5.41, 5.74) is 7.50. The van der Waals surface area contributed by atoms with Crippen LogP contribution in [-0.2, 0) is 14.3 Å². The molecular formula is C31H39N3O5. The number of nitriles is 1. The molecule has 0 radical (unpaired) electrons. The minimum Gasteiger partial charge on any atom is -0.493 e. The van der Waals surface area contributed by atoms with E-state index in [9.17, 15) is 14.9 Å². The van der Waals surface area contributed by atoms with E-state index in [4.69, 9.17) is 19.9 Å². The lowest BCUT2D eigenvalue weighted by molar-refractivity contribution is -0.140. The zero-order chi connectivity index (χ0) is 27.4. The number of nitrogens with zero attached hydrogens (tertiary/aromatic N) is 2. The summed E-state index contributed by atoms with van der Waals surface area (Å²) in [4.78, 5) is 28.6. The van der Waals surface area contributed by atoms with Gasteiger partial charge in [0.1, 0.15) is 17.4 Å². The normalized spacial score (nSPS) is 22.6. The number of methoxy groups -OCH3 is 1. The van der Waals surface area contributed by atoms with Crippen molar-refractivity contribution in [3.8, 4) is 17.6 Å². The zero-order valence-corrected chi connectivity index (χ0v) is 22.9. The summed E-state index contributed by atoms with van der Waals surface area (Å²) in [7, 11) is 1.54. The van der Waals surface area contributed by atoms with Gasteiger partial charge in [0.05, 0.1) is 13.0 Å². The number of hydrogen-bond donors (Lipinski definition) is 1. The minimum absolute atomic E-state index is 0.0306. The van der Waals surface area contributed by atoms with Crippen LogP contribution in [0.15, 0.2) is 41.0 Å². The lowest BCUT2D eigenvalue weighted by atomic mass is 9.77. The van der Waals surface area contributed by atoms with E-state index >= 15 is 0 Å². The fourth-order valence-electron chi connectivity index (χ4n) is 6.81. The Kier molecular flexibility index (Phi) is 8.44. The smallest absolute Gasteiger partial charge is 0.261 e. The third-order valence-corrected chi connectivity index (χ3v) is 8.70. The molecule has 39 heavy (non-hydrogen) atoms. The van der Waals surface area contributed by atoms with Crippen molar-refractivity contribution in [2.45, 2.75) is 101 Å². The van der Waals surface area contributed by atoms with Crippen molar-refractivity contribution in [2.24, 2.45) is 5.73 Å². The Morgan fingerprint density at radius 2 is 1.69 bits per heavy atom. The van der Waals surface area contributed by atoms with Gasteiger partial charge in [-0.2, -0.15) is 5.26 Å². The van der Waals surface area contributed by atoms with Gasteiger partial charge in [0, 0.05) is 30.5 Å². The molecule has 0 aromatic heterocycles. The van der Waals surface area contributed by atoms with Crippen LogP contribution in [0.4, 0.5) is 0 Å². The van der Waals surface area contributed by atoms with Crippen LogP contribution in [0.5, 0.6) is 11.5 Å². The highest BCUT2D eigenvalue weighted by Crippen LogP contribution is 2.45. The predicted octanol–water partition coefficient (Wildman–Crippen LogP) is 5.38. The van der Waals surface area contributed by atoms with E-state index in [2.05, 4.69) is 11.0 Å². The molecule has 1 amide bonds. The first-order chi connectivity index (χ1) is 19.0. The van der Waals surface area contributed by atoms with Crippen LogP contribution in [-0.4, -0.2) is 42.4 Å². The topological polar surface area (TPSA) is 115 Å². The SMILES string of the molecule is COc1cc(C2C(C#N)=C(N)OC3=C2C(=O)CCC3)ccc1OCC(=O)N(C1CCCCC1)C1CCCCC1. The van der Waals surface area contributed by atoms with E-state index in [1.165, 1.54) is 38.5 Å². The maximum atomic E-state index is 13.6. The number of amides is 1. The van der Waals surface area contributed by atoms with Crippen molar-refractivity contribution in [2.75, 3.05) is 13.7 Å². The Bertz CT molecular complexity index is 1180. The third-order valence-electron chi connectivity index (χ3n) is 8.70. The Hall–Kier alpha value is -3.47. The van der Waals surface area contributed by atoms with Crippen molar-refractivity contribution < 1.29 is 23.8 Å². The number of ketones is 1. The molecule has 1 aromatic rings. The first-order valence-corrected chi connectivity index (χ1v) is 14.5. The molecule has 0 spiro atoms. The molecule has 0 bridgehead atoms. The van der Waals surface area contributed by atoms with Crippen LogP contribution in [0.2, 0.25) is 0 Å². The van der Waals surface area contributed by atoms with Crippen molar-refractivity contribution in [1.82, 2.24) is 4.90 Å².